The van der Waals surface area contributed by atoms with Crippen LogP contribution in [-0.2, 0) is 0 Å². The van der Waals surface area contributed by atoms with Gasteiger partial charge in [0.1, 0.15) is 0 Å². The Hall–Kier alpha value is -0.0400. The molecule has 2 heterocycles. The molecule has 0 amide bonds. The first kappa shape index (κ1) is 4.80. The number of fused-ring (bicyclic) bond motifs is 1. The van der Waals surface area contributed by atoms with E-state index in [9.17, 15) is 0 Å². The predicted molar refractivity (Wildman–Crippen MR) is 33.7 cm³/mol. The molecule has 2 bridgehead atoms. The molecule has 0 aromatic heterocycles. The lowest BCUT2D eigenvalue weighted by Crippen LogP contribution is -2.53. The maximum atomic E-state index is 2.52. The largest absolute Gasteiger partial charge is 0.300 e. The van der Waals surface area contributed by atoms with Crippen molar-refractivity contribution in [3.63, 3.8) is 0 Å². The predicted octanol–water partition coefficient (Wildman–Crippen LogP) is 1.10. The molecule has 0 aromatic rings. The minimum atomic E-state index is 0.958. The molecule has 3 rings (SSSR count). The third-order valence-corrected chi connectivity index (χ3v) is 3.02. The highest BCUT2D eigenvalue weighted by Gasteiger charge is 2.48. The van der Waals surface area contributed by atoms with E-state index >= 15 is 0 Å². The molecule has 0 spiro atoms. The van der Waals surface area contributed by atoms with Gasteiger partial charge in [-0.2, -0.15) is 0 Å². The standard InChI is InChI=1S/C7H13N/c1-5-6-3-4-7(5)8(6)2/h5-7H,3-4H2,1-2H3. The van der Waals surface area contributed by atoms with Gasteiger partial charge in [0.2, 0.25) is 0 Å². The van der Waals surface area contributed by atoms with Gasteiger partial charge in [0.05, 0.1) is 0 Å². The molecule has 1 aliphatic carbocycles. The van der Waals surface area contributed by atoms with Crippen LogP contribution in [0.4, 0.5) is 0 Å². The van der Waals surface area contributed by atoms with Crippen LogP contribution >= 0.6 is 0 Å². The normalized spacial score (nSPS) is 54.0. The summed E-state index contributed by atoms with van der Waals surface area (Å²) in [5.41, 5.74) is 0. The SMILES string of the molecule is CC1C2CCC1N2C. The molecule has 1 heteroatoms. The lowest BCUT2D eigenvalue weighted by atomic mass is 9.91. The zero-order chi connectivity index (χ0) is 5.72. The molecule has 2 aliphatic heterocycles. The Morgan fingerprint density at radius 3 is 1.88 bits per heavy atom. The van der Waals surface area contributed by atoms with Gasteiger partial charge >= 0.3 is 0 Å². The Labute approximate surface area is 50.7 Å². The maximum absolute atomic E-state index is 2.52. The smallest absolute Gasteiger partial charge is 0.0136 e. The van der Waals surface area contributed by atoms with E-state index in [2.05, 4.69) is 18.9 Å². The fraction of sp³-hybridized carbons (Fsp3) is 1.00. The van der Waals surface area contributed by atoms with Crippen molar-refractivity contribution in [1.82, 2.24) is 4.90 Å². The van der Waals surface area contributed by atoms with E-state index in [1.807, 2.05) is 0 Å². The molecule has 0 aromatic carbocycles. The zero-order valence-corrected chi connectivity index (χ0v) is 5.59. The third kappa shape index (κ3) is 0.334. The second-order valence-electron chi connectivity index (χ2n) is 3.24. The summed E-state index contributed by atoms with van der Waals surface area (Å²) >= 11 is 0. The highest BCUT2D eigenvalue weighted by Crippen LogP contribution is 2.43. The van der Waals surface area contributed by atoms with Crippen LogP contribution in [0.2, 0.25) is 0 Å². The first-order valence-electron chi connectivity index (χ1n) is 3.52. The van der Waals surface area contributed by atoms with Gasteiger partial charge in [-0.25, -0.2) is 0 Å². The van der Waals surface area contributed by atoms with Crippen molar-refractivity contribution >= 4 is 0 Å². The molecule has 8 heavy (non-hydrogen) atoms. The average molecular weight is 111 g/mol. The van der Waals surface area contributed by atoms with E-state index in [-0.39, 0.29) is 0 Å². The summed E-state index contributed by atoms with van der Waals surface area (Å²) < 4.78 is 0. The summed E-state index contributed by atoms with van der Waals surface area (Å²) in [5, 5.41) is 0. The first-order valence-corrected chi connectivity index (χ1v) is 3.52. The Balaban J connectivity index is 2.15. The molecule has 1 saturated carbocycles. The lowest BCUT2D eigenvalue weighted by molar-refractivity contribution is 0.0404. The molecule has 2 unspecified atom stereocenters. The van der Waals surface area contributed by atoms with Crippen LogP contribution in [0, 0.1) is 5.92 Å². The minimum Gasteiger partial charge on any atom is -0.300 e. The van der Waals surface area contributed by atoms with Crippen molar-refractivity contribution in [3.8, 4) is 0 Å². The van der Waals surface area contributed by atoms with Crippen LogP contribution < -0.4 is 0 Å². The molecule has 46 valence electrons. The molecule has 0 radical (unpaired) electrons. The summed E-state index contributed by atoms with van der Waals surface area (Å²) in [7, 11) is 2.25. The zero-order valence-electron chi connectivity index (χ0n) is 5.59. The van der Waals surface area contributed by atoms with Crippen molar-refractivity contribution in [2.24, 2.45) is 5.92 Å². The highest BCUT2D eigenvalue weighted by molar-refractivity contribution is 5.03. The van der Waals surface area contributed by atoms with Crippen molar-refractivity contribution in [2.45, 2.75) is 31.8 Å². The first-order chi connectivity index (χ1) is 3.80. The van der Waals surface area contributed by atoms with E-state index in [0.717, 1.165) is 18.0 Å². The van der Waals surface area contributed by atoms with Crippen molar-refractivity contribution in [1.29, 1.82) is 0 Å². The average Bonchev–Trinajstić information content (AvgIpc) is 2.26. The number of rotatable bonds is 0. The van der Waals surface area contributed by atoms with Gasteiger partial charge in [-0.3, -0.25) is 4.90 Å². The second kappa shape index (κ2) is 1.27. The van der Waals surface area contributed by atoms with Gasteiger partial charge in [0, 0.05) is 12.1 Å². The Kier molecular flexibility index (Phi) is 0.762. The molecule has 2 saturated heterocycles. The van der Waals surface area contributed by atoms with Gasteiger partial charge in [-0.15, -0.1) is 0 Å². The molecule has 3 aliphatic rings. The lowest BCUT2D eigenvalue weighted by Gasteiger charge is -2.44. The number of hydrogen-bond donors (Lipinski definition) is 0. The van der Waals surface area contributed by atoms with Gasteiger partial charge in [-0.05, 0) is 25.8 Å². The van der Waals surface area contributed by atoms with E-state index < -0.39 is 0 Å². The van der Waals surface area contributed by atoms with Crippen molar-refractivity contribution in [2.75, 3.05) is 7.05 Å². The Morgan fingerprint density at radius 1 is 1.25 bits per heavy atom. The number of nitrogens with zero attached hydrogens (tertiary/aromatic N) is 1. The summed E-state index contributed by atoms with van der Waals surface area (Å²) in [6.07, 6.45) is 2.92. The summed E-state index contributed by atoms with van der Waals surface area (Å²) in [6, 6.07) is 1.92. The van der Waals surface area contributed by atoms with Gasteiger partial charge in [0.15, 0.2) is 0 Å². The summed E-state index contributed by atoms with van der Waals surface area (Å²) in [5.74, 6) is 1.01. The van der Waals surface area contributed by atoms with Crippen LogP contribution in [0.25, 0.3) is 0 Å². The van der Waals surface area contributed by atoms with Crippen LogP contribution in [0.15, 0.2) is 0 Å². The molecule has 2 atom stereocenters. The fourth-order valence-electron chi connectivity index (χ4n) is 2.42. The molecular formula is C7H13N. The van der Waals surface area contributed by atoms with Crippen LogP contribution in [0.1, 0.15) is 19.8 Å². The van der Waals surface area contributed by atoms with Crippen LogP contribution in [0.5, 0.6) is 0 Å². The highest BCUT2D eigenvalue weighted by atomic mass is 15.3. The number of hydrogen-bond acceptors (Lipinski definition) is 1. The van der Waals surface area contributed by atoms with Gasteiger partial charge in [0.25, 0.3) is 0 Å². The van der Waals surface area contributed by atoms with E-state index in [4.69, 9.17) is 0 Å². The van der Waals surface area contributed by atoms with Gasteiger partial charge < -0.3 is 0 Å². The maximum Gasteiger partial charge on any atom is 0.0136 e. The van der Waals surface area contributed by atoms with Crippen LogP contribution in [0.3, 0.4) is 0 Å². The van der Waals surface area contributed by atoms with Crippen molar-refractivity contribution < 1.29 is 0 Å². The van der Waals surface area contributed by atoms with E-state index in [1.54, 1.807) is 0 Å². The van der Waals surface area contributed by atoms with Crippen LogP contribution in [-0.4, -0.2) is 24.0 Å². The third-order valence-electron chi connectivity index (χ3n) is 3.02. The molecule has 1 nitrogen and oxygen atoms in total. The van der Waals surface area contributed by atoms with E-state index in [1.165, 1.54) is 12.8 Å². The Morgan fingerprint density at radius 2 is 1.75 bits per heavy atom. The Bertz CT molecular complexity index is 89.0. The molecule has 3 fully saturated rings. The minimum absolute atomic E-state index is 0.958. The van der Waals surface area contributed by atoms with Gasteiger partial charge in [-0.1, -0.05) is 6.92 Å². The second-order valence-corrected chi connectivity index (χ2v) is 3.24. The quantitative estimate of drug-likeness (QED) is 0.452. The summed E-state index contributed by atoms with van der Waals surface area (Å²) in [6.45, 7) is 2.38. The molecular weight excluding hydrogens is 98.1 g/mol. The topological polar surface area (TPSA) is 3.24 Å². The fourth-order valence-corrected chi connectivity index (χ4v) is 2.42. The van der Waals surface area contributed by atoms with Crippen molar-refractivity contribution in [3.05, 3.63) is 0 Å². The molecule has 0 N–H and O–H groups in total. The van der Waals surface area contributed by atoms with E-state index in [0.29, 0.717) is 0 Å². The summed E-state index contributed by atoms with van der Waals surface area (Å²) in [4.78, 5) is 2.52. The monoisotopic (exact) mass is 111 g/mol.